The third-order valence-electron chi connectivity index (χ3n) is 4.16. The van der Waals surface area contributed by atoms with Crippen molar-refractivity contribution in [2.24, 2.45) is 0 Å². The van der Waals surface area contributed by atoms with Gasteiger partial charge in [0.2, 0.25) is 5.91 Å². The summed E-state index contributed by atoms with van der Waals surface area (Å²) in [5, 5.41) is 29.1. The van der Waals surface area contributed by atoms with Gasteiger partial charge in [0, 0.05) is 17.2 Å². The summed E-state index contributed by atoms with van der Waals surface area (Å²) in [5.41, 5.74) is 0.105. The van der Waals surface area contributed by atoms with E-state index in [-0.39, 0.29) is 29.5 Å². The van der Waals surface area contributed by atoms with Crippen LogP contribution in [0.1, 0.15) is 5.56 Å². The molecule has 0 saturated heterocycles. The van der Waals surface area contributed by atoms with Crippen molar-refractivity contribution in [3.63, 3.8) is 0 Å². The number of nitro groups is 2. The van der Waals surface area contributed by atoms with Crippen LogP contribution < -0.4 is 14.8 Å². The zero-order valence-electron chi connectivity index (χ0n) is 16.8. The van der Waals surface area contributed by atoms with Crippen LogP contribution in [0.4, 0.5) is 17.1 Å². The highest BCUT2D eigenvalue weighted by Crippen LogP contribution is 2.32. The molecule has 1 heterocycles. The number of benzene rings is 2. The van der Waals surface area contributed by atoms with Gasteiger partial charge in [-0.25, -0.2) is 0 Å². The standard InChI is InChI=1S/C19H16ClN5O7/c1-11-5-12(20)3-4-17(11)32-15-7-13(6-14(8-15)24(27)28)21-18(26)10-23-9-16(25(29)30)19(22-23)31-2/h3-9H,10H2,1-2H3,(H,21,26). The van der Waals surface area contributed by atoms with Gasteiger partial charge in [0.15, 0.2) is 0 Å². The second kappa shape index (κ2) is 9.31. The van der Waals surface area contributed by atoms with Crippen molar-refractivity contribution >= 4 is 34.6 Å². The van der Waals surface area contributed by atoms with Gasteiger partial charge in [-0.2, -0.15) is 0 Å². The van der Waals surface area contributed by atoms with Crippen LogP contribution in [0.25, 0.3) is 0 Å². The van der Waals surface area contributed by atoms with Crippen molar-refractivity contribution in [2.75, 3.05) is 12.4 Å². The lowest BCUT2D eigenvalue weighted by atomic mass is 10.2. The summed E-state index contributed by atoms with van der Waals surface area (Å²) >= 11 is 5.93. The van der Waals surface area contributed by atoms with Crippen LogP contribution in [-0.2, 0) is 11.3 Å². The van der Waals surface area contributed by atoms with Crippen LogP contribution in [0.3, 0.4) is 0 Å². The molecule has 0 fully saturated rings. The molecule has 1 N–H and O–H groups in total. The number of nitro benzene ring substituents is 1. The number of anilines is 1. The Morgan fingerprint density at radius 3 is 2.53 bits per heavy atom. The molecule has 13 heteroatoms. The van der Waals surface area contributed by atoms with E-state index in [4.69, 9.17) is 21.1 Å². The molecular formula is C19H16ClN5O7. The summed E-state index contributed by atoms with van der Waals surface area (Å²) in [4.78, 5) is 33.4. The minimum absolute atomic E-state index is 0.0967. The molecule has 12 nitrogen and oxygen atoms in total. The molecule has 0 aliphatic rings. The molecule has 3 aromatic rings. The van der Waals surface area contributed by atoms with Gasteiger partial charge >= 0.3 is 11.6 Å². The van der Waals surface area contributed by atoms with E-state index in [2.05, 4.69) is 10.4 Å². The van der Waals surface area contributed by atoms with E-state index in [9.17, 15) is 25.0 Å². The maximum Gasteiger partial charge on any atom is 0.350 e. The van der Waals surface area contributed by atoms with Gasteiger partial charge in [-0.15, -0.1) is 5.10 Å². The number of nitrogens with zero attached hydrogens (tertiary/aromatic N) is 4. The SMILES string of the molecule is COc1nn(CC(=O)Nc2cc(Oc3ccc(Cl)cc3C)cc([N+](=O)[O-])c2)cc1[N+](=O)[O-]. The molecule has 1 amide bonds. The van der Waals surface area contributed by atoms with Crippen molar-refractivity contribution in [2.45, 2.75) is 13.5 Å². The Hall–Kier alpha value is -4.19. The van der Waals surface area contributed by atoms with E-state index in [1.807, 2.05) is 0 Å². The minimum Gasteiger partial charge on any atom is -0.475 e. The maximum absolute atomic E-state index is 12.4. The Kier molecular flexibility index (Phi) is 6.54. The number of carbonyl (C=O) groups is 1. The largest absolute Gasteiger partial charge is 0.475 e. The molecule has 0 unspecified atom stereocenters. The third-order valence-corrected chi connectivity index (χ3v) is 4.39. The fourth-order valence-electron chi connectivity index (χ4n) is 2.77. The predicted molar refractivity (Wildman–Crippen MR) is 113 cm³/mol. The lowest BCUT2D eigenvalue weighted by molar-refractivity contribution is -0.385. The lowest BCUT2D eigenvalue weighted by Crippen LogP contribution is -2.19. The lowest BCUT2D eigenvalue weighted by Gasteiger charge is -2.11. The molecule has 3 rings (SSSR count). The second-order valence-corrected chi connectivity index (χ2v) is 6.95. The monoisotopic (exact) mass is 461 g/mol. The van der Waals surface area contributed by atoms with Gasteiger partial charge in [0.25, 0.3) is 5.69 Å². The quantitative estimate of drug-likeness (QED) is 0.388. The topological polar surface area (TPSA) is 152 Å². The highest BCUT2D eigenvalue weighted by Gasteiger charge is 2.21. The molecule has 0 atom stereocenters. The number of rotatable bonds is 8. The van der Waals surface area contributed by atoms with Crippen molar-refractivity contribution in [3.05, 3.63) is 73.4 Å². The van der Waals surface area contributed by atoms with Crippen molar-refractivity contribution < 1.29 is 24.1 Å². The zero-order chi connectivity index (χ0) is 23.4. The van der Waals surface area contributed by atoms with Crippen LogP contribution >= 0.6 is 11.6 Å². The first-order valence-corrected chi connectivity index (χ1v) is 9.33. The summed E-state index contributed by atoms with van der Waals surface area (Å²) in [6, 6.07) is 8.69. The summed E-state index contributed by atoms with van der Waals surface area (Å²) in [7, 11) is 1.22. The highest BCUT2D eigenvalue weighted by molar-refractivity contribution is 6.30. The van der Waals surface area contributed by atoms with E-state index < -0.39 is 21.4 Å². The Bertz CT molecular complexity index is 1210. The van der Waals surface area contributed by atoms with Crippen molar-refractivity contribution in [1.29, 1.82) is 0 Å². The Labute approximate surface area is 185 Å². The number of amides is 1. The third kappa shape index (κ3) is 5.29. The average Bonchev–Trinajstić information content (AvgIpc) is 3.13. The van der Waals surface area contributed by atoms with Gasteiger partial charge in [0.1, 0.15) is 24.2 Å². The van der Waals surface area contributed by atoms with Crippen molar-refractivity contribution in [3.8, 4) is 17.4 Å². The first kappa shape index (κ1) is 22.5. The number of aromatic nitrogens is 2. The van der Waals surface area contributed by atoms with Gasteiger partial charge in [-0.3, -0.25) is 29.7 Å². The average molecular weight is 462 g/mol. The summed E-state index contributed by atoms with van der Waals surface area (Å²) < 4.78 is 11.6. The van der Waals surface area contributed by atoms with E-state index in [0.29, 0.717) is 16.3 Å². The Morgan fingerprint density at radius 2 is 1.94 bits per heavy atom. The van der Waals surface area contributed by atoms with E-state index in [0.717, 1.165) is 16.9 Å². The van der Waals surface area contributed by atoms with Gasteiger partial charge in [-0.1, -0.05) is 11.6 Å². The fourth-order valence-corrected chi connectivity index (χ4v) is 2.99. The van der Waals surface area contributed by atoms with Crippen LogP contribution in [-0.4, -0.2) is 32.6 Å². The van der Waals surface area contributed by atoms with E-state index in [1.165, 1.54) is 19.2 Å². The van der Waals surface area contributed by atoms with Crippen LogP contribution in [0.2, 0.25) is 5.02 Å². The smallest absolute Gasteiger partial charge is 0.350 e. The number of aryl methyl sites for hydroxylation is 1. The van der Waals surface area contributed by atoms with Crippen LogP contribution in [0.5, 0.6) is 17.4 Å². The van der Waals surface area contributed by atoms with Gasteiger partial charge in [0.05, 0.1) is 28.7 Å². The normalized spacial score (nSPS) is 10.5. The molecule has 0 aliphatic heterocycles. The zero-order valence-corrected chi connectivity index (χ0v) is 17.5. The molecule has 166 valence electrons. The Morgan fingerprint density at radius 1 is 1.19 bits per heavy atom. The number of carbonyl (C=O) groups excluding carboxylic acids is 1. The number of methoxy groups -OCH3 is 1. The molecule has 0 aliphatic carbocycles. The molecule has 0 bridgehead atoms. The summed E-state index contributed by atoms with van der Waals surface area (Å²) in [5.74, 6) is -0.314. The predicted octanol–water partition coefficient (Wildman–Crippen LogP) is 4.10. The first-order chi connectivity index (χ1) is 15.2. The number of non-ortho nitro benzene ring substituents is 1. The number of hydrogen-bond donors (Lipinski definition) is 1. The number of ether oxygens (including phenoxy) is 2. The van der Waals surface area contributed by atoms with Gasteiger partial charge < -0.3 is 14.8 Å². The summed E-state index contributed by atoms with van der Waals surface area (Å²) in [6.45, 7) is 1.37. The highest BCUT2D eigenvalue weighted by atomic mass is 35.5. The number of hydrogen-bond acceptors (Lipinski definition) is 8. The molecule has 0 radical (unpaired) electrons. The van der Waals surface area contributed by atoms with Crippen molar-refractivity contribution in [1.82, 2.24) is 9.78 Å². The maximum atomic E-state index is 12.4. The molecule has 32 heavy (non-hydrogen) atoms. The van der Waals surface area contributed by atoms with E-state index >= 15 is 0 Å². The first-order valence-electron chi connectivity index (χ1n) is 8.95. The molecule has 1 aromatic heterocycles. The molecular weight excluding hydrogens is 446 g/mol. The molecule has 0 saturated carbocycles. The fraction of sp³-hybridized carbons (Fsp3) is 0.158. The Balaban J connectivity index is 1.81. The molecule has 0 spiro atoms. The summed E-state index contributed by atoms with van der Waals surface area (Å²) in [6.07, 6.45) is 1.05. The number of halogens is 1. The van der Waals surface area contributed by atoms with E-state index in [1.54, 1.807) is 25.1 Å². The number of nitrogens with one attached hydrogen (secondary N) is 1. The van der Waals surface area contributed by atoms with Gasteiger partial charge in [-0.05, 0) is 30.7 Å². The van der Waals surface area contributed by atoms with Crippen LogP contribution in [0, 0.1) is 27.2 Å². The molecule has 2 aromatic carbocycles. The minimum atomic E-state index is -0.691. The second-order valence-electron chi connectivity index (χ2n) is 6.51. The van der Waals surface area contributed by atoms with Crippen LogP contribution in [0.15, 0.2) is 42.6 Å².